The Labute approximate surface area is 184 Å². The summed E-state index contributed by atoms with van der Waals surface area (Å²) in [6, 6.07) is 22.9. The molecule has 4 N–H and O–H groups in total. The standard InChI is InChI=1S/C26H22N2O4/c27-24(29)18-9-12-21-20(15-18)22(16-5-2-1-3-6-16)23(31-21)17-7-10-19(11-8-17)26(13-4-14-26)32-25(28)30/h1-3,5-12,15H,4,13-14H2,(H2,27,29)(H2,28,30). The minimum Gasteiger partial charge on any atom is -0.455 e. The lowest BCUT2D eigenvalue weighted by atomic mass is 9.74. The smallest absolute Gasteiger partial charge is 0.405 e. The highest BCUT2D eigenvalue weighted by atomic mass is 16.6. The van der Waals surface area contributed by atoms with Crippen molar-refractivity contribution in [1.82, 2.24) is 0 Å². The molecule has 3 aromatic carbocycles. The number of carbonyl (C=O) groups excluding carboxylic acids is 2. The molecule has 0 radical (unpaired) electrons. The van der Waals surface area contributed by atoms with Crippen LogP contribution in [0.25, 0.3) is 33.4 Å². The van der Waals surface area contributed by atoms with E-state index in [1.165, 1.54) is 0 Å². The Bertz CT molecular complexity index is 1320. The zero-order valence-corrected chi connectivity index (χ0v) is 17.3. The Hall–Kier alpha value is -4.06. The van der Waals surface area contributed by atoms with Crippen molar-refractivity contribution in [2.45, 2.75) is 24.9 Å². The first-order valence-corrected chi connectivity index (χ1v) is 10.5. The molecule has 1 heterocycles. The lowest BCUT2D eigenvalue weighted by molar-refractivity contribution is -0.0489. The summed E-state index contributed by atoms with van der Waals surface area (Å²) in [7, 11) is 0. The zero-order chi connectivity index (χ0) is 22.3. The van der Waals surface area contributed by atoms with Crippen LogP contribution < -0.4 is 11.5 Å². The second kappa shape index (κ2) is 7.57. The molecule has 0 atom stereocenters. The number of hydrogen-bond donors (Lipinski definition) is 2. The summed E-state index contributed by atoms with van der Waals surface area (Å²) in [4.78, 5) is 23.2. The van der Waals surface area contributed by atoms with E-state index < -0.39 is 17.6 Å². The number of rotatable bonds is 5. The highest BCUT2D eigenvalue weighted by molar-refractivity contribution is 6.05. The fraction of sp³-hybridized carbons (Fsp3) is 0.154. The highest BCUT2D eigenvalue weighted by Gasteiger charge is 2.42. The molecule has 0 unspecified atom stereocenters. The van der Waals surface area contributed by atoms with Crippen LogP contribution in [0.4, 0.5) is 4.79 Å². The SMILES string of the molecule is NC(=O)OC1(c2ccc(-c3oc4ccc(C(N)=O)cc4c3-c3ccccc3)cc2)CCC1. The van der Waals surface area contributed by atoms with Gasteiger partial charge in [0.25, 0.3) is 0 Å². The van der Waals surface area contributed by atoms with E-state index in [1.807, 2.05) is 54.6 Å². The minimum atomic E-state index is -0.761. The Morgan fingerprint density at radius 3 is 2.19 bits per heavy atom. The summed E-state index contributed by atoms with van der Waals surface area (Å²) >= 11 is 0. The normalized spacial score (nSPS) is 14.6. The topological polar surface area (TPSA) is 109 Å². The van der Waals surface area contributed by atoms with Gasteiger partial charge in [-0.2, -0.15) is 0 Å². The van der Waals surface area contributed by atoms with Crippen molar-refractivity contribution >= 4 is 23.0 Å². The number of furan rings is 1. The first-order valence-electron chi connectivity index (χ1n) is 10.5. The number of fused-ring (bicyclic) bond motifs is 1. The van der Waals surface area contributed by atoms with Crippen molar-refractivity contribution in [2.24, 2.45) is 11.5 Å². The first kappa shape index (κ1) is 19.9. The maximum atomic E-state index is 11.8. The highest BCUT2D eigenvalue weighted by Crippen LogP contribution is 2.46. The van der Waals surface area contributed by atoms with Gasteiger partial charge in [-0.3, -0.25) is 4.79 Å². The van der Waals surface area contributed by atoms with Crippen LogP contribution in [-0.4, -0.2) is 12.0 Å². The van der Waals surface area contributed by atoms with Crippen molar-refractivity contribution in [3.8, 4) is 22.5 Å². The first-order chi connectivity index (χ1) is 15.5. The molecule has 1 aliphatic rings. The van der Waals surface area contributed by atoms with E-state index in [9.17, 15) is 9.59 Å². The van der Waals surface area contributed by atoms with Crippen LogP contribution in [-0.2, 0) is 10.3 Å². The third kappa shape index (κ3) is 3.30. The average molecular weight is 426 g/mol. The third-order valence-electron chi connectivity index (χ3n) is 6.17. The summed E-state index contributed by atoms with van der Waals surface area (Å²) in [6.45, 7) is 0. The number of hydrogen-bond acceptors (Lipinski definition) is 4. The molecule has 4 aromatic rings. The monoisotopic (exact) mass is 426 g/mol. The molecule has 1 aromatic heterocycles. The third-order valence-corrected chi connectivity index (χ3v) is 6.17. The van der Waals surface area contributed by atoms with Gasteiger partial charge in [-0.1, -0.05) is 54.6 Å². The molecule has 1 saturated carbocycles. The number of benzene rings is 3. The van der Waals surface area contributed by atoms with Gasteiger partial charge >= 0.3 is 6.09 Å². The minimum absolute atomic E-state index is 0.424. The Kier molecular flexibility index (Phi) is 4.70. The zero-order valence-electron chi connectivity index (χ0n) is 17.3. The van der Waals surface area contributed by atoms with Crippen molar-refractivity contribution in [2.75, 3.05) is 0 Å². The molecule has 0 aliphatic heterocycles. The molecule has 5 rings (SSSR count). The van der Waals surface area contributed by atoms with Crippen molar-refractivity contribution in [1.29, 1.82) is 0 Å². The van der Waals surface area contributed by atoms with E-state index in [2.05, 4.69) is 0 Å². The van der Waals surface area contributed by atoms with Gasteiger partial charge < -0.3 is 20.6 Å². The van der Waals surface area contributed by atoms with Crippen LogP contribution in [0, 0.1) is 0 Å². The van der Waals surface area contributed by atoms with Crippen LogP contribution >= 0.6 is 0 Å². The van der Waals surface area contributed by atoms with Gasteiger partial charge in [-0.05, 0) is 48.6 Å². The molecule has 0 bridgehead atoms. The van der Waals surface area contributed by atoms with Gasteiger partial charge in [-0.25, -0.2) is 4.79 Å². The molecular weight excluding hydrogens is 404 g/mol. The molecule has 0 saturated heterocycles. The van der Waals surface area contributed by atoms with Gasteiger partial charge in [0, 0.05) is 22.1 Å². The second-order valence-electron chi connectivity index (χ2n) is 8.09. The fourth-order valence-electron chi connectivity index (χ4n) is 4.41. The summed E-state index contributed by atoms with van der Waals surface area (Å²) in [5, 5.41) is 0.819. The maximum absolute atomic E-state index is 11.8. The number of carbonyl (C=O) groups is 2. The number of nitrogens with two attached hydrogens (primary N) is 2. The maximum Gasteiger partial charge on any atom is 0.405 e. The lowest BCUT2D eigenvalue weighted by Gasteiger charge is -2.40. The van der Waals surface area contributed by atoms with E-state index in [-0.39, 0.29) is 0 Å². The van der Waals surface area contributed by atoms with Gasteiger partial charge in [0.1, 0.15) is 16.9 Å². The molecule has 6 nitrogen and oxygen atoms in total. The Balaban J connectivity index is 1.64. The van der Waals surface area contributed by atoms with E-state index in [4.69, 9.17) is 20.6 Å². The van der Waals surface area contributed by atoms with Crippen LogP contribution in [0.15, 0.2) is 77.2 Å². The molecule has 32 heavy (non-hydrogen) atoms. The molecule has 1 fully saturated rings. The van der Waals surface area contributed by atoms with Gasteiger partial charge in [0.05, 0.1) is 0 Å². The van der Waals surface area contributed by atoms with Crippen LogP contribution in [0.3, 0.4) is 0 Å². The number of primary amides is 2. The average Bonchev–Trinajstić information content (AvgIpc) is 3.15. The van der Waals surface area contributed by atoms with Gasteiger partial charge in [-0.15, -0.1) is 0 Å². The molecule has 0 spiro atoms. The van der Waals surface area contributed by atoms with E-state index in [1.54, 1.807) is 18.2 Å². The summed E-state index contributed by atoms with van der Waals surface area (Å²) in [6.07, 6.45) is 1.73. The predicted octanol–water partition coefficient (Wildman–Crippen LogP) is 5.34. The Morgan fingerprint density at radius 2 is 1.59 bits per heavy atom. The van der Waals surface area contributed by atoms with Gasteiger partial charge in [0.2, 0.25) is 5.91 Å². The summed E-state index contributed by atoms with van der Waals surface area (Å²) in [5.41, 5.74) is 14.9. The molecule has 2 amide bonds. The van der Waals surface area contributed by atoms with Crippen molar-refractivity contribution < 1.29 is 18.7 Å². The van der Waals surface area contributed by atoms with Crippen LogP contribution in [0.2, 0.25) is 0 Å². The summed E-state index contributed by atoms with van der Waals surface area (Å²) in [5.74, 6) is 0.205. The summed E-state index contributed by atoms with van der Waals surface area (Å²) < 4.78 is 11.7. The van der Waals surface area contributed by atoms with Crippen molar-refractivity contribution in [3.05, 3.63) is 83.9 Å². The van der Waals surface area contributed by atoms with E-state index in [0.717, 1.165) is 46.9 Å². The van der Waals surface area contributed by atoms with Crippen LogP contribution in [0.5, 0.6) is 0 Å². The number of amides is 2. The van der Waals surface area contributed by atoms with E-state index in [0.29, 0.717) is 16.9 Å². The van der Waals surface area contributed by atoms with Gasteiger partial charge in [0.15, 0.2) is 0 Å². The lowest BCUT2D eigenvalue weighted by Crippen LogP contribution is -2.40. The second-order valence-corrected chi connectivity index (χ2v) is 8.09. The number of ether oxygens (including phenoxy) is 1. The van der Waals surface area contributed by atoms with E-state index >= 15 is 0 Å². The predicted molar refractivity (Wildman–Crippen MR) is 122 cm³/mol. The molecule has 1 aliphatic carbocycles. The molecular formula is C26H22N2O4. The molecule has 6 heteroatoms. The largest absolute Gasteiger partial charge is 0.455 e. The fourth-order valence-corrected chi connectivity index (χ4v) is 4.41. The Morgan fingerprint density at radius 1 is 0.875 bits per heavy atom. The quantitative estimate of drug-likeness (QED) is 0.449. The van der Waals surface area contributed by atoms with Crippen molar-refractivity contribution in [3.63, 3.8) is 0 Å². The van der Waals surface area contributed by atoms with Crippen LogP contribution in [0.1, 0.15) is 35.2 Å². The molecule has 160 valence electrons.